The maximum absolute atomic E-state index is 12.8. The van der Waals surface area contributed by atoms with Crippen LogP contribution >= 0.6 is 0 Å². The Balaban J connectivity index is 2.38. The van der Waals surface area contributed by atoms with Gasteiger partial charge in [-0.3, -0.25) is 4.79 Å². The minimum atomic E-state index is -0.0340. The SMILES string of the molecule is COc1cc(OC)c(C(=O)N2CCCCCC2)c(OC)c1. The lowest BCUT2D eigenvalue weighted by Crippen LogP contribution is -2.32. The van der Waals surface area contributed by atoms with Gasteiger partial charge in [0, 0.05) is 25.2 Å². The van der Waals surface area contributed by atoms with E-state index in [1.807, 2.05) is 4.90 Å². The minimum Gasteiger partial charge on any atom is -0.496 e. The number of amides is 1. The van der Waals surface area contributed by atoms with Gasteiger partial charge in [0.05, 0.1) is 21.3 Å². The molecule has 1 heterocycles. The lowest BCUT2D eigenvalue weighted by Gasteiger charge is -2.23. The Morgan fingerprint density at radius 1 is 0.905 bits per heavy atom. The van der Waals surface area contributed by atoms with Gasteiger partial charge in [0.15, 0.2) is 0 Å². The molecule has 2 rings (SSSR count). The predicted molar refractivity (Wildman–Crippen MR) is 80.5 cm³/mol. The van der Waals surface area contributed by atoms with Gasteiger partial charge < -0.3 is 19.1 Å². The average molecular weight is 293 g/mol. The van der Waals surface area contributed by atoms with Crippen molar-refractivity contribution in [3.05, 3.63) is 17.7 Å². The summed E-state index contributed by atoms with van der Waals surface area (Å²) in [4.78, 5) is 14.7. The van der Waals surface area contributed by atoms with Crippen LogP contribution in [0, 0.1) is 0 Å². The molecule has 21 heavy (non-hydrogen) atoms. The molecule has 0 N–H and O–H groups in total. The van der Waals surface area contributed by atoms with E-state index in [9.17, 15) is 4.79 Å². The van der Waals surface area contributed by atoms with Gasteiger partial charge in [-0.05, 0) is 12.8 Å². The number of nitrogens with zero attached hydrogens (tertiary/aromatic N) is 1. The van der Waals surface area contributed by atoms with Crippen LogP contribution in [0.5, 0.6) is 17.2 Å². The standard InChI is InChI=1S/C16H23NO4/c1-19-12-10-13(20-2)15(14(11-12)21-3)16(18)17-8-6-4-5-7-9-17/h10-11H,4-9H2,1-3H3. The Morgan fingerprint density at radius 3 is 1.86 bits per heavy atom. The Kier molecular flexibility index (Phi) is 5.31. The normalized spacial score (nSPS) is 15.3. The average Bonchev–Trinajstić information content (AvgIpc) is 2.81. The van der Waals surface area contributed by atoms with E-state index in [0.29, 0.717) is 22.8 Å². The van der Waals surface area contributed by atoms with Gasteiger partial charge in [0.1, 0.15) is 22.8 Å². The van der Waals surface area contributed by atoms with Gasteiger partial charge in [0.25, 0.3) is 5.91 Å². The highest BCUT2D eigenvalue weighted by molar-refractivity contribution is 6.00. The van der Waals surface area contributed by atoms with Crippen LogP contribution in [0.3, 0.4) is 0 Å². The topological polar surface area (TPSA) is 48.0 Å². The summed E-state index contributed by atoms with van der Waals surface area (Å²) >= 11 is 0. The van der Waals surface area contributed by atoms with E-state index in [-0.39, 0.29) is 5.91 Å². The summed E-state index contributed by atoms with van der Waals surface area (Å²) in [6.07, 6.45) is 4.46. The van der Waals surface area contributed by atoms with Gasteiger partial charge in [-0.25, -0.2) is 0 Å². The number of likely N-dealkylation sites (tertiary alicyclic amines) is 1. The van der Waals surface area contributed by atoms with Crippen molar-refractivity contribution >= 4 is 5.91 Å². The van der Waals surface area contributed by atoms with Crippen LogP contribution in [0.1, 0.15) is 36.0 Å². The van der Waals surface area contributed by atoms with Crippen molar-refractivity contribution < 1.29 is 19.0 Å². The van der Waals surface area contributed by atoms with Crippen molar-refractivity contribution in [2.45, 2.75) is 25.7 Å². The van der Waals surface area contributed by atoms with E-state index >= 15 is 0 Å². The molecule has 1 aliphatic rings. The Morgan fingerprint density at radius 2 is 1.43 bits per heavy atom. The molecule has 1 saturated heterocycles. The molecule has 1 fully saturated rings. The van der Waals surface area contributed by atoms with Crippen molar-refractivity contribution in [3.63, 3.8) is 0 Å². The van der Waals surface area contributed by atoms with E-state index in [1.165, 1.54) is 12.8 Å². The summed E-state index contributed by atoms with van der Waals surface area (Å²) in [5, 5.41) is 0. The Labute approximate surface area is 125 Å². The quantitative estimate of drug-likeness (QED) is 0.856. The molecule has 1 aliphatic heterocycles. The number of benzene rings is 1. The highest BCUT2D eigenvalue weighted by Crippen LogP contribution is 2.35. The molecule has 0 atom stereocenters. The zero-order valence-electron chi connectivity index (χ0n) is 13.0. The van der Waals surface area contributed by atoms with E-state index < -0.39 is 0 Å². The van der Waals surface area contributed by atoms with Gasteiger partial charge in [-0.1, -0.05) is 12.8 Å². The first-order valence-corrected chi connectivity index (χ1v) is 7.30. The second-order valence-corrected chi connectivity index (χ2v) is 5.11. The lowest BCUT2D eigenvalue weighted by atomic mass is 10.1. The van der Waals surface area contributed by atoms with Crippen LogP contribution in [0.15, 0.2) is 12.1 Å². The highest BCUT2D eigenvalue weighted by atomic mass is 16.5. The molecule has 0 aliphatic carbocycles. The zero-order chi connectivity index (χ0) is 15.2. The molecule has 5 nitrogen and oxygen atoms in total. The zero-order valence-corrected chi connectivity index (χ0v) is 13.0. The summed E-state index contributed by atoms with van der Waals surface area (Å²) < 4.78 is 15.9. The molecule has 0 bridgehead atoms. The second kappa shape index (κ2) is 7.20. The van der Waals surface area contributed by atoms with Crippen molar-refractivity contribution in [2.75, 3.05) is 34.4 Å². The minimum absolute atomic E-state index is 0.0340. The Hall–Kier alpha value is -1.91. The molecular weight excluding hydrogens is 270 g/mol. The van der Waals surface area contributed by atoms with Gasteiger partial charge in [0.2, 0.25) is 0 Å². The van der Waals surface area contributed by atoms with Crippen molar-refractivity contribution in [1.82, 2.24) is 4.90 Å². The number of carbonyl (C=O) groups is 1. The van der Waals surface area contributed by atoms with E-state index in [2.05, 4.69) is 0 Å². The van der Waals surface area contributed by atoms with Gasteiger partial charge >= 0.3 is 0 Å². The van der Waals surface area contributed by atoms with Crippen LogP contribution in [0.4, 0.5) is 0 Å². The second-order valence-electron chi connectivity index (χ2n) is 5.11. The number of hydrogen-bond donors (Lipinski definition) is 0. The fourth-order valence-corrected chi connectivity index (χ4v) is 2.65. The fourth-order valence-electron chi connectivity index (χ4n) is 2.65. The molecule has 5 heteroatoms. The monoisotopic (exact) mass is 293 g/mol. The van der Waals surface area contributed by atoms with Crippen LogP contribution < -0.4 is 14.2 Å². The van der Waals surface area contributed by atoms with Crippen LogP contribution in [-0.4, -0.2) is 45.2 Å². The first-order chi connectivity index (χ1) is 10.2. The first kappa shape index (κ1) is 15.5. The van der Waals surface area contributed by atoms with Crippen LogP contribution in [-0.2, 0) is 0 Å². The largest absolute Gasteiger partial charge is 0.496 e. The molecule has 1 aromatic carbocycles. The highest BCUT2D eigenvalue weighted by Gasteiger charge is 2.25. The van der Waals surface area contributed by atoms with E-state index in [4.69, 9.17) is 14.2 Å². The van der Waals surface area contributed by atoms with Crippen LogP contribution in [0.25, 0.3) is 0 Å². The predicted octanol–water partition coefficient (Wildman–Crippen LogP) is 2.73. The fraction of sp³-hybridized carbons (Fsp3) is 0.562. The Bertz CT molecular complexity index is 468. The summed E-state index contributed by atoms with van der Waals surface area (Å²) in [6.45, 7) is 1.58. The molecule has 1 aromatic rings. The van der Waals surface area contributed by atoms with Crippen LogP contribution in [0.2, 0.25) is 0 Å². The molecule has 1 amide bonds. The van der Waals surface area contributed by atoms with Gasteiger partial charge in [-0.15, -0.1) is 0 Å². The maximum atomic E-state index is 12.8. The van der Waals surface area contributed by atoms with E-state index in [1.54, 1.807) is 33.5 Å². The van der Waals surface area contributed by atoms with Crippen molar-refractivity contribution in [2.24, 2.45) is 0 Å². The smallest absolute Gasteiger partial charge is 0.261 e. The molecule has 0 aromatic heterocycles. The molecule has 0 saturated carbocycles. The summed E-state index contributed by atoms with van der Waals surface area (Å²) in [5.41, 5.74) is 0.475. The number of hydrogen-bond acceptors (Lipinski definition) is 4. The first-order valence-electron chi connectivity index (χ1n) is 7.30. The maximum Gasteiger partial charge on any atom is 0.261 e. The van der Waals surface area contributed by atoms with Gasteiger partial charge in [-0.2, -0.15) is 0 Å². The summed E-state index contributed by atoms with van der Waals surface area (Å²) in [5.74, 6) is 1.55. The third-order valence-electron chi connectivity index (χ3n) is 3.82. The molecular formula is C16H23NO4. The molecule has 0 radical (unpaired) electrons. The number of rotatable bonds is 4. The van der Waals surface area contributed by atoms with Crippen molar-refractivity contribution in [3.8, 4) is 17.2 Å². The molecule has 0 spiro atoms. The number of ether oxygens (including phenoxy) is 3. The lowest BCUT2D eigenvalue weighted by molar-refractivity contribution is 0.0754. The third-order valence-corrected chi connectivity index (χ3v) is 3.82. The summed E-state index contributed by atoms with van der Waals surface area (Å²) in [6, 6.07) is 3.43. The van der Waals surface area contributed by atoms with E-state index in [0.717, 1.165) is 25.9 Å². The summed E-state index contributed by atoms with van der Waals surface area (Å²) in [7, 11) is 4.67. The number of carbonyl (C=O) groups excluding carboxylic acids is 1. The third kappa shape index (κ3) is 3.40. The molecule has 116 valence electrons. The molecule has 0 unspecified atom stereocenters. The number of methoxy groups -OCH3 is 3. The van der Waals surface area contributed by atoms with Crippen molar-refractivity contribution in [1.29, 1.82) is 0 Å².